The van der Waals surface area contributed by atoms with Crippen LogP contribution in [0, 0.1) is 13.8 Å². The van der Waals surface area contributed by atoms with Crippen LogP contribution in [0.3, 0.4) is 0 Å². The number of benzene rings is 2. The molecule has 0 aliphatic carbocycles. The zero-order valence-corrected chi connectivity index (χ0v) is 15.7. The predicted molar refractivity (Wildman–Crippen MR) is 106 cm³/mol. The molecule has 0 N–H and O–H groups in total. The summed E-state index contributed by atoms with van der Waals surface area (Å²) in [6.07, 6.45) is 1.15. The van der Waals surface area contributed by atoms with E-state index < -0.39 is 0 Å². The van der Waals surface area contributed by atoms with Gasteiger partial charge in [-0.15, -0.1) is 0 Å². The lowest BCUT2D eigenvalue weighted by atomic mass is 9.85. The van der Waals surface area contributed by atoms with Crippen LogP contribution in [0.4, 0.5) is 0 Å². The molecule has 2 heterocycles. The summed E-state index contributed by atoms with van der Waals surface area (Å²) in [6.45, 7) is 6.19. The summed E-state index contributed by atoms with van der Waals surface area (Å²) >= 11 is 0. The van der Waals surface area contributed by atoms with E-state index in [9.17, 15) is 0 Å². The second-order valence-corrected chi connectivity index (χ2v) is 7.46. The molecule has 0 saturated carbocycles. The Balaban J connectivity index is 1.76. The molecule has 2 aromatic carbocycles. The fraction of sp³-hybridized carbons (Fsp3) is 0.304. The van der Waals surface area contributed by atoms with Gasteiger partial charge in [-0.2, -0.15) is 10.2 Å². The molecule has 0 bridgehead atoms. The average molecular weight is 343 g/mol. The largest absolute Gasteiger partial charge is 0.302 e. The smallest absolute Gasteiger partial charge is 0.0929 e. The minimum absolute atomic E-state index is 0.453. The van der Waals surface area contributed by atoms with Crippen molar-refractivity contribution in [2.24, 2.45) is 0 Å². The van der Waals surface area contributed by atoms with Crippen LogP contribution in [0.25, 0.3) is 11.3 Å². The van der Waals surface area contributed by atoms with E-state index in [0.717, 1.165) is 36.5 Å². The van der Waals surface area contributed by atoms with Crippen LogP contribution in [0.15, 0.2) is 54.6 Å². The number of fused-ring (bicyclic) bond motifs is 1. The quantitative estimate of drug-likeness (QED) is 0.674. The molecule has 0 amide bonds. The van der Waals surface area contributed by atoms with Crippen LogP contribution < -0.4 is 0 Å². The molecule has 1 aromatic heterocycles. The summed E-state index contributed by atoms with van der Waals surface area (Å²) < 4.78 is 0. The van der Waals surface area contributed by atoms with E-state index in [1.165, 1.54) is 22.3 Å². The molecule has 4 rings (SSSR count). The molecule has 0 fully saturated rings. The van der Waals surface area contributed by atoms with Crippen molar-refractivity contribution >= 4 is 0 Å². The minimum Gasteiger partial charge on any atom is -0.302 e. The first-order valence-corrected chi connectivity index (χ1v) is 9.29. The van der Waals surface area contributed by atoms with Gasteiger partial charge in [-0.3, -0.25) is 0 Å². The van der Waals surface area contributed by atoms with E-state index in [1.54, 1.807) is 0 Å². The molecule has 3 nitrogen and oxygen atoms in total. The SMILES string of the molecule is Cc1ccc(C2CCN(C)Cc3cc(-c4ccc(C)nn4)ccc32)cc1. The Morgan fingerprint density at radius 3 is 2.46 bits per heavy atom. The van der Waals surface area contributed by atoms with Crippen molar-refractivity contribution in [2.45, 2.75) is 32.7 Å². The summed E-state index contributed by atoms with van der Waals surface area (Å²) in [5.74, 6) is 0.453. The molecule has 1 unspecified atom stereocenters. The lowest BCUT2D eigenvalue weighted by molar-refractivity contribution is 0.328. The van der Waals surface area contributed by atoms with Gasteiger partial charge < -0.3 is 4.90 Å². The fourth-order valence-corrected chi connectivity index (χ4v) is 3.81. The fourth-order valence-electron chi connectivity index (χ4n) is 3.81. The summed E-state index contributed by atoms with van der Waals surface area (Å²) in [6, 6.07) is 19.9. The maximum absolute atomic E-state index is 4.36. The van der Waals surface area contributed by atoms with Gasteiger partial charge in [0.05, 0.1) is 11.4 Å². The van der Waals surface area contributed by atoms with Crippen molar-refractivity contribution in [3.8, 4) is 11.3 Å². The Labute approximate surface area is 155 Å². The van der Waals surface area contributed by atoms with E-state index in [0.29, 0.717) is 5.92 Å². The van der Waals surface area contributed by atoms with Gasteiger partial charge in [0.15, 0.2) is 0 Å². The monoisotopic (exact) mass is 343 g/mol. The normalized spacial score (nSPS) is 17.6. The van der Waals surface area contributed by atoms with Crippen molar-refractivity contribution in [2.75, 3.05) is 13.6 Å². The number of rotatable bonds is 2. The van der Waals surface area contributed by atoms with Gasteiger partial charge in [0, 0.05) is 18.0 Å². The topological polar surface area (TPSA) is 29.0 Å². The zero-order chi connectivity index (χ0) is 18.1. The van der Waals surface area contributed by atoms with Gasteiger partial charge in [-0.25, -0.2) is 0 Å². The standard InChI is InChI=1S/C23H25N3/c1-16-4-7-18(8-5-16)22-12-13-26(3)15-20-14-19(9-10-21(20)22)23-11-6-17(2)24-25-23/h4-11,14,22H,12-13,15H2,1-3H3. The second-order valence-electron chi connectivity index (χ2n) is 7.46. The molecule has 132 valence electrons. The highest BCUT2D eigenvalue weighted by atomic mass is 15.1. The highest BCUT2D eigenvalue weighted by Gasteiger charge is 2.23. The minimum atomic E-state index is 0.453. The van der Waals surface area contributed by atoms with Gasteiger partial charge in [0.2, 0.25) is 0 Å². The van der Waals surface area contributed by atoms with Crippen molar-refractivity contribution in [1.29, 1.82) is 0 Å². The van der Waals surface area contributed by atoms with Crippen molar-refractivity contribution in [3.05, 3.63) is 82.5 Å². The Morgan fingerprint density at radius 2 is 1.73 bits per heavy atom. The molecule has 1 aliphatic heterocycles. The van der Waals surface area contributed by atoms with Crippen molar-refractivity contribution in [3.63, 3.8) is 0 Å². The van der Waals surface area contributed by atoms with Gasteiger partial charge in [-0.05, 0) is 68.8 Å². The van der Waals surface area contributed by atoms with E-state index in [1.807, 2.05) is 13.0 Å². The molecule has 26 heavy (non-hydrogen) atoms. The molecule has 0 radical (unpaired) electrons. The van der Waals surface area contributed by atoms with Gasteiger partial charge in [-0.1, -0.05) is 42.0 Å². The molecule has 0 spiro atoms. The van der Waals surface area contributed by atoms with Crippen LogP contribution in [-0.2, 0) is 6.54 Å². The molecule has 3 heteroatoms. The van der Waals surface area contributed by atoms with Crippen LogP contribution >= 0.6 is 0 Å². The molecular formula is C23H25N3. The van der Waals surface area contributed by atoms with Crippen LogP contribution in [0.5, 0.6) is 0 Å². The lowest BCUT2D eigenvalue weighted by Gasteiger charge is -2.19. The van der Waals surface area contributed by atoms with E-state index in [2.05, 4.69) is 77.6 Å². The van der Waals surface area contributed by atoms with E-state index >= 15 is 0 Å². The molecule has 1 atom stereocenters. The summed E-state index contributed by atoms with van der Waals surface area (Å²) in [4.78, 5) is 2.41. The number of aryl methyl sites for hydroxylation is 2. The zero-order valence-electron chi connectivity index (χ0n) is 15.7. The summed E-state index contributed by atoms with van der Waals surface area (Å²) in [5, 5.41) is 8.57. The lowest BCUT2D eigenvalue weighted by Crippen LogP contribution is -2.17. The predicted octanol–water partition coefficient (Wildman–Crippen LogP) is 4.73. The Kier molecular flexibility index (Phi) is 4.56. The average Bonchev–Trinajstić information content (AvgIpc) is 2.81. The molecule has 0 saturated heterocycles. The van der Waals surface area contributed by atoms with Crippen molar-refractivity contribution in [1.82, 2.24) is 15.1 Å². The maximum Gasteiger partial charge on any atom is 0.0929 e. The van der Waals surface area contributed by atoms with Crippen molar-refractivity contribution < 1.29 is 0 Å². The number of hydrogen-bond donors (Lipinski definition) is 0. The maximum atomic E-state index is 4.36. The molecule has 1 aliphatic rings. The third-order valence-electron chi connectivity index (χ3n) is 5.33. The molecule has 3 aromatic rings. The van der Waals surface area contributed by atoms with Crippen LogP contribution in [0.2, 0.25) is 0 Å². The Hall–Kier alpha value is -2.52. The first-order valence-electron chi connectivity index (χ1n) is 9.29. The first kappa shape index (κ1) is 16.9. The summed E-state index contributed by atoms with van der Waals surface area (Å²) in [5.41, 5.74) is 8.61. The number of hydrogen-bond acceptors (Lipinski definition) is 3. The summed E-state index contributed by atoms with van der Waals surface area (Å²) in [7, 11) is 2.21. The molecular weight excluding hydrogens is 318 g/mol. The van der Waals surface area contributed by atoms with Gasteiger partial charge in [0.25, 0.3) is 0 Å². The third-order valence-corrected chi connectivity index (χ3v) is 5.33. The van der Waals surface area contributed by atoms with Gasteiger partial charge >= 0.3 is 0 Å². The first-order chi connectivity index (χ1) is 12.6. The van der Waals surface area contributed by atoms with Crippen LogP contribution in [0.1, 0.15) is 40.3 Å². The van der Waals surface area contributed by atoms with E-state index in [-0.39, 0.29) is 0 Å². The third kappa shape index (κ3) is 3.40. The van der Waals surface area contributed by atoms with E-state index in [4.69, 9.17) is 0 Å². The highest BCUT2D eigenvalue weighted by Crippen LogP contribution is 2.35. The number of aromatic nitrogens is 2. The highest BCUT2D eigenvalue weighted by molar-refractivity contribution is 5.61. The number of nitrogens with zero attached hydrogens (tertiary/aromatic N) is 3. The Morgan fingerprint density at radius 1 is 0.923 bits per heavy atom. The van der Waals surface area contributed by atoms with Crippen LogP contribution in [-0.4, -0.2) is 28.7 Å². The Bertz CT molecular complexity index is 898. The van der Waals surface area contributed by atoms with Gasteiger partial charge in [0.1, 0.15) is 0 Å². The second kappa shape index (κ2) is 7.00.